The number of pyridine rings is 1. The van der Waals surface area contributed by atoms with Crippen LogP contribution in [0.25, 0.3) is 0 Å². The number of nitrogens with zero attached hydrogens (tertiary/aromatic N) is 2. The van der Waals surface area contributed by atoms with E-state index in [0.717, 1.165) is 0 Å². The summed E-state index contributed by atoms with van der Waals surface area (Å²) < 4.78 is 0. The molecule has 1 N–H and O–H groups in total. The van der Waals surface area contributed by atoms with Crippen molar-refractivity contribution in [3.8, 4) is 0 Å². The average Bonchev–Trinajstić information content (AvgIpc) is 2.47. The lowest BCUT2D eigenvalue weighted by Gasteiger charge is -2.23. The van der Waals surface area contributed by atoms with Gasteiger partial charge in [-0.1, -0.05) is 12.2 Å². The van der Waals surface area contributed by atoms with Crippen molar-refractivity contribution in [2.45, 2.75) is 13.0 Å². The quantitative estimate of drug-likeness (QED) is 0.764. The van der Waals surface area contributed by atoms with Crippen LogP contribution in [0.5, 0.6) is 0 Å². The van der Waals surface area contributed by atoms with Gasteiger partial charge in [0.1, 0.15) is 6.04 Å². The third-order valence-electron chi connectivity index (χ3n) is 2.65. The van der Waals surface area contributed by atoms with Crippen molar-refractivity contribution in [1.29, 1.82) is 0 Å². The lowest BCUT2D eigenvalue weighted by molar-refractivity contribution is -0.131. The zero-order valence-corrected chi connectivity index (χ0v) is 11.6. The Kier molecular flexibility index (Phi) is 6.16. The highest BCUT2D eigenvalue weighted by Crippen LogP contribution is 2.00. The second-order valence-corrected chi connectivity index (χ2v) is 4.26. The predicted molar refractivity (Wildman–Crippen MR) is 78.1 cm³/mol. The first-order valence-corrected chi connectivity index (χ1v) is 6.31. The topological polar surface area (TPSA) is 62.3 Å². The van der Waals surface area contributed by atoms with E-state index in [9.17, 15) is 9.59 Å². The molecular weight excluding hydrogens is 254 g/mol. The van der Waals surface area contributed by atoms with Crippen molar-refractivity contribution < 1.29 is 9.59 Å². The Labute approximate surface area is 119 Å². The number of amides is 2. The number of hydrogen-bond donors (Lipinski definition) is 1. The standard InChI is InChI=1S/C15H19N3O2/c1-4-9-18(10-5-2)15(20)12(3)17-14(19)13-7-6-8-16-11-13/h4-8,11-12H,1-2,9-10H2,3H3,(H,17,19). The van der Waals surface area contributed by atoms with Crippen molar-refractivity contribution in [3.63, 3.8) is 0 Å². The van der Waals surface area contributed by atoms with E-state index >= 15 is 0 Å². The third kappa shape index (κ3) is 4.35. The van der Waals surface area contributed by atoms with Crippen LogP contribution in [0.1, 0.15) is 17.3 Å². The van der Waals surface area contributed by atoms with Gasteiger partial charge in [-0.15, -0.1) is 13.2 Å². The molecule has 20 heavy (non-hydrogen) atoms. The van der Waals surface area contributed by atoms with Gasteiger partial charge in [-0.05, 0) is 19.1 Å². The smallest absolute Gasteiger partial charge is 0.253 e. The van der Waals surface area contributed by atoms with Crippen LogP contribution in [0.2, 0.25) is 0 Å². The minimum Gasteiger partial charge on any atom is -0.340 e. The van der Waals surface area contributed by atoms with Gasteiger partial charge in [-0.3, -0.25) is 14.6 Å². The van der Waals surface area contributed by atoms with Crippen LogP contribution in [-0.2, 0) is 4.79 Å². The van der Waals surface area contributed by atoms with E-state index in [2.05, 4.69) is 23.5 Å². The van der Waals surface area contributed by atoms with Crippen molar-refractivity contribution >= 4 is 11.8 Å². The van der Waals surface area contributed by atoms with E-state index < -0.39 is 6.04 Å². The molecule has 5 nitrogen and oxygen atoms in total. The molecule has 0 spiro atoms. The maximum atomic E-state index is 12.2. The first-order valence-electron chi connectivity index (χ1n) is 6.31. The second kappa shape index (κ2) is 7.89. The van der Waals surface area contributed by atoms with Gasteiger partial charge in [0.15, 0.2) is 0 Å². The van der Waals surface area contributed by atoms with Gasteiger partial charge in [-0.25, -0.2) is 0 Å². The van der Waals surface area contributed by atoms with Crippen LogP contribution in [0.3, 0.4) is 0 Å². The van der Waals surface area contributed by atoms with Crippen molar-refractivity contribution in [1.82, 2.24) is 15.2 Å². The molecule has 0 aliphatic heterocycles. The molecule has 5 heteroatoms. The van der Waals surface area contributed by atoms with E-state index in [0.29, 0.717) is 18.7 Å². The van der Waals surface area contributed by atoms with Gasteiger partial charge in [0.25, 0.3) is 5.91 Å². The molecule has 1 rings (SSSR count). The van der Waals surface area contributed by atoms with Crippen LogP contribution < -0.4 is 5.32 Å². The third-order valence-corrected chi connectivity index (χ3v) is 2.65. The summed E-state index contributed by atoms with van der Waals surface area (Å²) in [5.74, 6) is -0.502. The van der Waals surface area contributed by atoms with Gasteiger partial charge >= 0.3 is 0 Å². The highest BCUT2D eigenvalue weighted by molar-refractivity contribution is 5.97. The SMILES string of the molecule is C=CCN(CC=C)C(=O)C(C)NC(=O)c1cccnc1. The fourth-order valence-corrected chi connectivity index (χ4v) is 1.68. The molecule has 1 heterocycles. The van der Waals surface area contributed by atoms with Crippen LogP contribution in [0, 0.1) is 0 Å². The fraction of sp³-hybridized carbons (Fsp3) is 0.267. The van der Waals surface area contributed by atoms with Crippen molar-refractivity contribution in [2.75, 3.05) is 13.1 Å². The molecule has 1 aromatic heterocycles. The van der Waals surface area contributed by atoms with Gasteiger partial charge in [0, 0.05) is 25.5 Å². The highest BCUT2D eigenvalue weighted by Gasteiger charge is 2.21. The Hall–Kier alpha value is -2.43. The molecule has 0 aromatic carbocycles. The molecule has 0 bridgehead atoms. The van der Waals surface area contributed by atoms with Gasteiger partial charge < -0.3 is 10.2 Å². The van der Waals surface area contributed by atoms with E-state index in [-0.39, 0.29) is 11.8 Å². The maximum Gasteiger partial charge on any atom is 0.253 e. The average molecular weight is 273 g/mol. The number of aromatic nitrogens is 1. The summed E-state index contributed by atoms with van der Waals surface area (Å²) in [7, 11) is 0. The zero-order chi connectivity index (χ0) is 15.0. The molecule has 2 amide bonds. The minimum atomic E-state index is -0.623. The van der Waals surface area contributed by atoms with Crippen LogP contribution in [0.4, 0.5) is 0 Å². The first kappa shape index (κ1) is 15.6. The van der Waals surface area contributed by atoms with E-state index in [1.54, 1.807) is 42.3 Å². The molecule has 0 saturated carbocycles. The van der Waals surface area contributed by atoms with Gasteiger partial charge in [0.05, 0.1) is 5.56 Å². The predicted octanol–water partition coefficient (Wildman–Crippen LogP) is 1.40. The number of nitrogens with one attached hydrogen (secondary N) is 1. The van der Waals surface area contributed by atoms with Gasteiger partial charge in [0.2, 0.25) is 5.91 Å². The largest absolute Gasteiger partial charge is 0.340 e. The molecule has 0 aliphatic carbocycles. The summed E-state index contributed by atoms with van der Waals surface area (Å²) in [5.41, 5.74) is 0.422. The van der Waals surface area contributed by atoms with Crippen LogP contribution in [0.15, 0.2) is 49.8 Å². The summed E-state index contributed by atoms with van der Waals surface area (Å²) in [6.07, 6.45) is 6.31. The molecule has 0 fully saturated rings. The molecule has 0 saturated heterocycles. The van der Waals surface area contributed by atoms with Crippen LogP contribution in [-0.4, -0.2) is 40.8 Å². The lowest BCUT2D eigenvalue weighted by Crippen LogP contribution is -2.47. The minimum absolute atomic E-state index is 0.179. The summed E-state index contributed by atoms with van der Waals surface area (Å²) in [6, 6.07) is 2.69. The first-order chi connectivity index (χ1) is 9.60. The Morgan fingerprint density at radius 1 is 1.40 bits per heavy atom. The molecule has 106 valence electrons. The van der Waals surface area contributed by atoms with Gasteiger partial charge in [-0.2, -0.15) is 0 Å². The Bertz CT molecular complexity index is 475. The monoisotopic (exact) mass is 273 g/mol. The summed E-state index contributed by atoms with van der Waals surface area (Å²) >= 11 is 0. The maximum absolute atomic E-state index is 12.2. The lowest BCUT2D eigenvalue weighted by atomic mass is 10.2. The normalized spacial score (nSPS) is 11.2. The van der Waals surface area contributed by atoms with Crippen molar-refractivity contribution in [3.05, 3.63) is 55.4 Å². The number of carbonyl (C=O) groups excluding carboxylic acids is 2. The number of carbonyl (C=O) groups is 2. The Balaban J connectivity index is 2.67. The van der Waals surface area contributed by atoms with E-state index in [1.807, 2.05) is 0 Å². The summed E-state index contributed by atoms with van der Waals surface area (Å²) in [5, 5.41) is 2.65. The molecular formula is C15H19N3O2. The van der Waals surface area contributed by atoms with E-state index in [1.165, 1.54) is 6.20 Å². The molecule has 1 unspecified atom stereocenters. The number of rotatable bonds is 7. The van der Waals surface area contributed by atoms with E-state index in [4.69, 9.17) is 0 Å². The highest BCUT2D eigenvalue weighted by atomic mass is 16.2. The Morgan fingerprint density at radius 3 is 2.55 bits per heavy atom. The Morgan fingerprint density at radius 2 is 2.05 bits per heavy atom. The summed E-state index contributed by atoms with van der Waals surface area (Å²) in [6.45, 7) is 9.70. The summed E-state index contributed by atoms with van der Waals surface area (Å²) in [4.78, 5) is 29.6. The zero-order valence-electron chi connectivity index (χ0n) is 11.6. The van der Waals surface area contributed by atoms with Crippen LogP contribution >= 0.6 is 0 Å². The number of hydrogen-bond acceptors (Lipinski definition) is 3. The molecule has 0 radical (unpaired) electrons. The van der Waals surface area contributed by atoms with Crippen molar-refractivity contribution in [2.24, 2.45) is 0 Å². The fourth-order valence-electron chi connectivity index (χ4n) is 1.68. The molecule has 0 aliphatic rings. The molecule has 1 aromatic rings. The molecule has 1 atom stereocenters. The second-order valence-electron chi connectivity index (χ2n) is 4.26.